The number of pyridine rings is 2. The Morgan fingerprint density at radius 1 is 1.07 bits per heavy atom. The van der Waals surface area contributed by atoms with E-state index < -0.39 is 0 Å². The van der Waals surface area contributed by atoms with Crippen molar-refractivity contribution in [1.82, 2.24) is 24.4 Å². The minimum Gasteiger partial charge on any atom is -0.356 e. The van der Waals surface area contributed by atoms with Crippen molar-refractivity contribution < 1.29 is 0 Å². The van der Waals surface area contributed by atoms with Crippen LogP contribution in [0.3, 0.4) is 0 Å². The predicted molar refractivity (Wildman–Crippen MR) is 111 cm³/mol. The topological polar surface area (TPSA) is 50.1 Å². The van der Waals surface area contributed by atoms with Crippen molar-refractivity contribution in [1.29, 1.82) is 0 Å². The van der Waals surface area contributed by atoms with Crippen molar-refractivity contribution in [2.75, 3.05) is 32.1 Å². The molecule has 1 aliphatic rings. The van der Waals surface area contributed by atoms with Gasteiger partial charge in [-0.1, -0.05) is 12.1 Å². The summed E-state index contributed by atoms with van der Waals surface area (Å²) in [5.74, 6) is 2.65. The van der Waals surface area contributed by atoms with Crippen LogP contribution in [-0.2, 0) is 13.1 Å². The number of aromatic nitrogens is 4. The Hall–Kier alpha value is -2.73. The Morgan fingerprint density at radius 3 is 2.75 bits per heavy atom. The fourth-order valence-electron chi connectivity index (χ4n) is 3.96. The van der Waals surface area contributed by atoms with Gasteiger partial charge in [0.05, 0.1) is 6.54 Å². The molecule has 4 rings (SSSR count). The van der Waals surface area contributed by atoms with E-state index in [4.69, 9.17) is 9.97 Å². The summed E-state index contributed by atoms with van der Waals surface area (Å²) >= 11 is 0. The molecule has 28 heavy (non-hydrogen) atoms. The number of anilines is 1. The highest BCUT2D eigenvalue weighted by atomic mass is 15.2. The Kier molecular flexibility index (Phi) is 5.67. The molecule has 1 atom stereocenters. The number of nitrogens with zero attached hydrogens (tertiary/aromatic N) is 6. The molecule has 1 aliphatic heterocycles. The summed E-state index contributed by atoms with van der Waals surface area (Å²) in [7, 11) is 4.16. The first-order valence-electron chi connectivity index (χ1n) is 9.93. The number of hydrogen-bond donors (Lipinski definition) is 0. The van der Waals surface area contributed by atoms with Gasteiger partial charge in [0.1, 0.15) is 11.6 Å². The molecule has 0 radical (unpaired) electrons. The zero-order valence-electron chi connectivity index (χ0n) is 16.7. The van der Waals surface area contributed by atoms with Gasteiger partial charge in [-0.3, -0.25) is 4.98 Å². The normalized spacial score (nSPS) is 17.2. The molecule has 146 valence electrons. The smallest absolute Gasteiger partial charge is 0.128 e. The van der Waals surface area contributed by atoms with Gasteiger partial charge >= 0.3 is 0 Å². The number of piperidine rings is 1. The van der Waals surface area contributed by atoms with Crippen LogP contribution in [0.1, 0.15) is 35.7 Å². The standard InChI is InChI=1S/C22H28N6/c1-26(2)15-19-7-8-21(25-14-19)27-11-4-6-20(17-27)22-24-10-12-28(22)16-18-5-3-9-23-13-18/h3,5,7-10,12-14,20H,4,6,11,15-17H2,1-2H3/t20-/m1/s1. The molecule has 0 bridgehead atoms. The van der Waals surface area contributed by atoms with Gasteiger partial charge in [0.2, 0.25) is 0 Å². The molecule has 0 spiro atoms. The number of imidazole rings is 1. The Bertz CT molecular complexity index is 872. The van der Waals surface area contributed by atoms with E-state index in [0.717, 1.165) is 44.2 Å². The van der Waals surface area contributed by atoms with Crippen LogP contribution in [-0.4, -0.2) is 51.6 Å². The first-order chi connectivity index (χ1) is 13.7. The van der Waals surface area contributed by atoms with E-state index in [0.29, 0.717) is 5.92 Å². The second kappa shape index (κ2) is 8.52. The average molecular weight is 377 g/mol. The van der Waals surface area contributed by atoms with E-state index in [-0.39, 0.29) is 0 Å². The SMILES string of the molecule is CN(C)Cc1ccc(N2CCC[C@@H](c3nccn3Cc3cccnc3)C2)nc1. The molecule has 6 nitrogen and oxygen atoms in total. The fourth-order valence-corrected chi connectivity index (χ4v) is 3.96. The molecule has 4 heterocycles. The maximum atomic E-state index is 4.73. The highest BCUT2D eigenvalue weighted by molar-refractivity contribution is 5.40. The van der Waals surface area contributed by atoms with Crippen LogP contribution in [0.4, 0.5) is 5.82 Å². The lowest BCUT2D eigenvalue weighted by Gasteiger charge is -2.33. The van der Waals surface area contributed by atoms with Gasteiger partial charge in [-0.15, -0.1) is 0 Å². The van der Waals surface area contributed by atoms with Crippen LogP contribution in [0.2, 0.25) is 0 Å². The summed E-state index contributed by atoms with van der Waals surface area (Å²) in [6.45, 7) is 3.75. The zero-order valence-corrected chi connectivity index (χ0v) is 16.7. The number of rotatable bonds is 6. The minimum absolute atomic E-state index is 0.420. The molecule has 0 unspecified atom stereocenters. The van der Waals surface area contributed by atoms with Crippen LogP contribution in [0.25, 0.3) is 0 Å². The molecular formula is C22H28N6. The first-order valence-corrected chi connectivity index (χ1v) is 9.93. The van der Waals surface area contributed by atoms with E-state index in [1.807, 2.05) is 30.9 Å². The molecule has 0 N–H and O–H groups in total. The third-order valence-corrected chi connectivity index (χ3v) is 5.24. The van der Waals surface area contributed by atoms with Crippen LogP contribution < -0.4 is 4.90 Å². The quantitative estimate of drug-likeness (QED) is 0.661. The molecule has 0 aliphatic carbocycles. The molecule has 3 aromatic heterocycles. The van der Waals surface area contributed by atoms with Crippen molar-refractivity contribution in [3.63, 3.8) is 0 Å². The van der Waals surface area contributed by atoms with Crippen LogP contribution in [0, 0.1) is 0 Å². The zero-order chi connectivity index (χ0) is 19.3. The van der Waals surface area contributed by atoms with Gasteiger partial charge in [0, 0.05) is 56.5 Å². The summed E-state index contributed by atoms with van der Waals surface area (Å²) in [6, 6.07) is 8.45. The van der Waals surface area contributed by atoms with E-state index in [1.165, 1.54) is 17.5 Å². The lowest BCUT2D eigenvalue weighted by molar-refractivity contribution is 0.402. The van der Waals surface area contributed by atoms with E-state index in [1.54, 1.807) is 0 Å². The average Bonchev–Trinajstić information content (AvgIpc) is 3.17. The summed E-state index contributed by atoms with van der Waals surface area (Å²) in [5.41, 5.74) is 2.45. The van der Waals surface area contributed by atoms with Crippen molar-refractivity contribution >= 4 is 5.82 Å². The predicted octanol–water partition coefficient (Wildman–Crippen LogP) is 3.17. The third-order valence-electron chi connectivity index (χ3n) is 5.24. The molecule has 0 saturated carbocycles. The van der Waals surface area contributed by atoms with Crippen molar-refractivity contribution in [2.24, 2.45) is 0 Å². The lowest BCUT2D eigenvalue weighted by atomic mass is 9.97. The lowest BCUT2D eigenvalue weighted by Crippen LogP contribution is -2.36. The maximum absolute atomic E-state index is 4.73. The summed E-state index contributed by atoms with van der Waals surface area (Å²) in [4.78, 5) is 18.2. The van der Waals surface area contributed by atoms with E-state index >= 15 is 0 Å². The largest absolute Gasteiger partial charge is 0.356 e. The third kappa shape index (κ3) is 4.39. The van der Waals surface area contributed by atoms with E-state index in [2.05, 4.69) is 57.8 Å². The highest BCUT2D eigenvalue weighted by Crippen LogP contribution is 2.28. The Balaban J connectivity index is 1.46. The number of hydrogen-bond acceptors (Lipinski definition) is 5. The van der Waals surface area contributed by atoms with Gasteiger partial charge in [0.15, 0.2) is 0 Å². The molecule has 1 saturated heterocycles. The van der Waals surface area contributed by atoms with Gasteiger partial charge in [0.25, 0.3) is 0 Å². The van der Waals surface area contributed by atoms with E-state index in [9.17, 15) is 0 Å². The second-order valence-electron chi connectivity index (χ2n) is 7.82. The van der Waals surface area contributed by atoms with Gasteiger partial charge in [-0.25, -0.2) is 9.97 Å². The van der Waals surface area contributed by atoms with Crippen molar-refractivity contribution in [3.8, 4) is 0 Å². The monoisotopic (exact) mass is 376 g/mol. The first kappa shape index (κ1) is 18.6. The molecule has 0 amide bonds. The summed E-state index contributed by atoms with van der Waals surface area (Å²) < 4.78 is 2.26. The van der Waals surface area contributed by atoms with Gasteiger partial charge in [-0.05, 0) is 50.2 Å². The molecular weight excluding hydrogens is 348 g/mol. The Morgan fingerprint density at radius 2 is 2.00 bits per heavy atom. The van der Waals surface area contributed by atoms with Crippen LogP contribution in [0.15, 0.2) is 55.2 Å². The van der Waals surface area contributed by atoms with Crippen molar-refractivity contribution in [2.45, 2.75) is 31.8 Å². The van der Waals surface area contributed by atoms with Gasteiger partial charge < -0.3 is 14.4 Å². The van der Waals surface area contributed by atoms with Gasteiger partial charge in [-0.2, -0.15) is 0 Å². The maximum Gasteiger partial charge on any atom is 0.128 e. The molecule has 6 heteroatoms. The minimum atomic E-state index is 0.420. The highest BCUT2D eigenvalue weighted by Gasteiger charge is 2.25. The second-order valence-corrected chi connectivity index (χ2v) is 7.82. The molecule has 1 fully saturated rings. The van der Waals surface area contributed by atoms with Crippen LogP contribution in [0.5, 0.6) is 0 Å². The fraction of sp³-hybridized carbons (Fsp3) is 0.409. The molecule has 3 aromatic rings. The Labute approximate surface area is 166 Å². The van der Waals surface area contributed by atoms with Crippen molar-refractivity contribution in [3.05, 3.63) is 72.2 Å². The van der Waals surface area contributed by atoms with Crippen LogP contribution >= 0.6 is 0 Å². The molecule has 0 aromatic carbocycles. The summed E-state index contributed by atoms with van der Waals surface area (Å²) in [6.07, 6.45) is 12.1. The summed E-state index contributed by atoms with van der Waals surface area (Å²) in [5, 5.41) is 0.